The van der Waals surface area contributed by atoms with Gasteiger partial charge in [-0.05, 0) is 29.8 Å². The van der Waals surface area contributed by atoms with Gasteiger partial charge in [0, 0.05) is 35.5 Å². The van der Waals surface area contributed by atoms with Crippen LogP contribution in [0.1, 0.15) is 22.0 Å². The topological polar surface area (TPSA) is 116 Å². The molecule has 1 atom stereocenters. The normalized spacial score (nSPS) is 11.8. The maximum absolute atomic E-state index is 12.4. The largest absolute Gasteiger partial charge is 0.493 e. The summed E-state index contributed by atoms with van der Waals surface area (Å²) in [5.74, 6) is 1.43. The zero-order valence-electron chi connectivity index (χ0n) is 18.4. The van der Waals surface area contributed by atoms with E-state index in [0.29, 0.717) is 33.7 Å². The lowest BCUT2D eigenvalue weighted by Gasteiger charge is -2.20. The molecule has 0 aliphatic rings. The lowest BCUT2D eigenvalue weighted by molar-refractivity contribution is 0.0982. The zero-order chi connectivity index (χ0) is 24.2. The molecular formula is C23H22Cl2N6O3. The highest BCUT2D eigenvalue weighted by Gasteiger charge is 2.19. The van der Waals surface area contributed by atoms with Crippen molar-refractivity contribution in [3.8, 4) is 17.3 Å². The molecule has 4 rings (SSSR count). The van der Waals surface area contributed by atoms with Crippen molar-refractivity contribution in [3.63, 3.8) is 0 Å². The number of imidazole rings is 1. The van der Waals surface area contributed by atoms with Gasteiger partial charge in [0.15, 0.2) is 11.5 Å². The lowest BCUT2D eigenvalue weighted by atomic mass is 10.1. The third-order valence-corrected chi connectivity index (χ3v) is 5.71. The Morgan fingerprint density at radius 2 is 1.91 bits per heavy atom. The molecule has 0 fully saturated rings. The number of nitrogens with two attached hydrogens (primary N) is 1. The number of amides is 1. The summed E-state index contributed by atoms with van der Waals surface area (Å²) in [5.41, 5.74) is 8.57. The fraction of sp³-hybridized carbons (Fsp3) is 0.174. The maximum atomic E-state index is 12.4. The summed E-state index contributed by atoms with van der Waals surface area (Å²) in [5, 5.41) is 3.83. The maximum Gasteiger partial charge on any atom is 0.269 e. The molecule has 2 aromatic heterocycles. The summed E-state index contributed by atoms with van der Waals surface area (Å²) in [6.45, 7) is 0.235. The number of halogens is 2. The second kappa shape index (κ2) is 10.2. The minimum Gasteiger partial charge on any atom is -0.493 e. The molecule has 4 aromatic rings. The van der Waals surface area contributed by atoms with Crippen LogP contribution in [0.3, 0.4) is 0 Å². The monoisotopic (exact) mass is 500 g/mol. The molecule has 0 saturated carbocycles. The first-order chi connectivity index (χ1) is 16.5. The van der Waals surface area contributed by atoms with Gasteiger partial charge in [-0.2, -0.15) is 0 Å². The van der Waals surface area contributed by atoms with Crippen molar-refractivity contribution in [2.24, 2.45) is 5.73 Å². The summed E-state index contributed by atoms with van der Waals surface area (Å²) >= 11 is 11.8. The molecule has 0 aliphatic heterocycles. The van der Waals surface area contributed by atoms with Gasteiger partial charge < -0.3 is 20.5 Å². The molecule has 0 saturated heterocycles. The van der Waals surface area contributed by atoms with Crippen molar-refractivity contribution >= 4 is 46.1 Å². The van der Waals surface area contributed by atoms with Crippen molar-refractivity contribution in [2.45, 2.75) is 6.04 Å². The van der Waals surface area contributed by atoms with E-state index in [2.05, 4.69) is 15.1 Å². The summed E-state index contributed by atoms with van der Waals surface area (Å²) in [6, 6.07) is 13.9. The molecule has 0 aliphatic carbocycles. The van der Waals surface area contributed by atoms with Gasteiger partial charge in [-0.25, -0.2) is 9.97 Å². The fourth-order valence-corrected chi connectivity index (χ4v) is 3.91. The van der Waals surface area contributed by atoms with Crippen LogP contribution in [0.25, 0.3) is 16.9 Å². The molecule has 2 aromatic carbocycles. The number of hydrogen-bond acceptors (Lipinski definition) is 7. The predicted molar refractivity (Wildman–Crippen MR) is 132 cm³/mol. The molecule has 1 unspecified atom stereocenters. The van der Waals surface area contributed by atoms with Gasteiger partial charge >= 0.3 is 0 Å². The first-order valence-electron chi connectivity index (χ1n) is 10.2. The number of methoxy groups -OCH3 is 2. The fourth-order valence-electron chi connectivity index (χ4n) is 3.61. The second-order valence-electron chi connectivity index (χ2n) is 7.29. The molecule has 11 heteroatoms. The van der Waals surface area contributed by atoms with Crippen LogP contribution in [-0.2, 0) is 0 Å². The van der Waals surface area contributed by atoms with Crippen LogP contribution in [-0.4, -0.2) is 41.2 Å². The number of carbonyl (C=O) groups excluding carboxylic acids is 1. The molecule has 34 heavy (non-hydrogen) atoms. The molecule has 176 valence electrons. The van der Waals surface area contributed by atoms with Crippen molar-refractivity contribution in [1.82, 2.24) is 19.4 Å². The zero-order valence-corrected chi connectivity index (χ0v) is 19.9. The Balaban J connectivity index is 1.80. The van der Waals surface area contributed by atoms with Crippen LogP contribution < -0.4 is 25.4 Å². The Hall–Kier alpha value is -3.53. The van der Waals surface area contributed by atoms with Crippen LogP contribution in [0.4, 0.5) is 5.82 Å². The smallest absolute Gasteiger partial charge is 0.269 e. The number of pyridine rings is 1. The van der Waals surface area contributed by atoms with Crippen LogP contribution in [0.5, 0.6) is 11.5 Å². The summed E-state index contributed by atoms with van der Waals surface area (Å²) in [6.07, 6.45) is 1.63. The van der Waals surface area contributed by atoms with E-state index < -0.39 is 5.91 Å². The second-order valence-corrected chi connectivity index (χ2v) is 7.91. The minimum absolute atomic E-state index is 0.235. The molecule has 0 spiro atoms. The van der Waals surface area contributed by atoms with Gasteiger partial charge in [0.2, 0.25) is 0 Å². The highest BCUT2D eigenvalue weighted by molar-refractivity contribution is 6.30. The number of fused-ring (bicyclic) bond motifs is 1. The van der Waals surface area contributed by atoms with Gasteiger partial charge in [-0.15, -0.1) is 0 Å². The van der Waals surface area contributed by atoms with Gasteiger partial charge in [0.25, 0.3) is 5.91 Å². The van der Waals surface area contributed by atoms with Gasteiger partial charge in [-0.1, -0.05) is 23.7 Å². The van der Waals surface area contributed by atoms with E-state index in [9.17, 15) is 4.79 Å². The number of nitrogens with one attached hydrogen (secondary N) is 2. The number of hydrogen-bond donors (Lipinski definition) is 3. The molecule has 4 N–H and O–H groups in total. The van der Waals surface area contributed by atoms with Crippen molar-refractivity contribution in [2.75, 3.05) is 26.1 Å². The first-order valence-corrected chi connectivity index (χ1v) is 11.0. The van der Waals surface area contributed by atoms with Crippen LogP contribution >= 0.6 is 23.4 Å². The Labute approximate surface area is 205 Å². The van der Waals surface area contributed by atoms with Crippen LogP contribution in [0, 0.1) is 0 Å². The van der Waals surface area contributed by atoms with Crippen LogP contribution in [0.2, 0.25) is 5.02 Å². The minimum atomic E-state index is -0.507. The molecule has 0 bridgehead atoms. The number of benzene rings is 2. The lowest BCUT2D eigenvalue weighted by Crippen LogP contribution is -2.24. The van der Waals surface area contributed by atoms with Gasteiger partial charge in [0.1, 0.15) is 18.0 Å². The first kappa shape index (κ1) is 23.6. The van der Waals surface area contributed by atoms with Crippen molar-refractivity contribution < 1.29 is 14.3 Å². The molecule has 0 radical (unpaired) electrons. The third kappa shape index (κ3) is 4.58. The predicted octanol–water partition coefficient (Wildman–Crippen LogP) is 4.09. The number of ether oxygens (including phenoxy) is 2. The van der Waals surface area contributed by atoms with E-state index in [1.165, 1.54) is 0 Å². The van der Waals surface area contributed by atoms with E-state index in [-0.39, 0.29) is 18.2 Å². The molecule has 2 heterocycles. The van der Waals surface area contributed by atoms with E-state index in [1.807, 2.05) is 18.2 Å². The van der Waals surface area contributed by atoms with E-state index in [4.69, 9.17) is 43.6 Å². The SMILES string of the molecule is COc1cc2ncn(-c3ccc(C(=O)NCl)c(NC(CN)c4cccc(Cl)c4)n3)c2cc1OC. The van der Waals surface area contributed by atoms with Gasteiger partial charge in [0.05, 0.1) is 36.9 Å². The number of anilines is 1. The quantitative estimate of drug-likeness (QED) is 0.312. The highest BCUT2D eigenvalue weighted by atomic mass is 35.5. The average molecular weight is 501 g/mol. The Kier molecular flexibility index (Phi) is 7.06. The number of rotatable bonds is 8. The van der Waals surface area contributed by atoms with E-state index >= 15 is 0 Å². The van der Waals surface area contributed by atoms with Crippen LogP contribution in [0.15, 0.2) is 54.9 Å². The van der Waals surface area contributed by atoms with Crippen molar-refractivity contribution in [1.29, 1.82) is 0 Å². The Bertz CT molecular complexity index is 1340. The summed E-state index contributed by atoms with van der Waals surface area (Å²) in [7, 11) is 3.13. The molecular weight excluding hydrogens is 479 g/mol. The van der Waals surface area contributed by atoms with Gasteiger partial charge in [-0.3, -0.25) is 14.2 Å². The van der Waals surface area contributed by atoms with Crippen molar-refractivity contribution in [3.05, 3.63) is 71.0 Å². The number of carbonyl (C=O) groups is 1. The Morgan fingerprint density at radius 1 is 1.15 bits per heavy atom. The third-order valence-electron chi connectivity index (χ3n) is 5.31. The standard InChI is InChI=1S/C23H22Cl2N6O3/c1-33-19-9-16-18(10-20(19)34-2)31(12-27-16)21-7-6-15(23(32)30-25)22(29-21)28-17(11-26)13-4-3-5-14(24)8-13/h3-10,12,17H,11,26H2,1-2H3,(H,28,29)(H,30,32). The molecule has 1 amide bonds. The summed E-state index contributed by atoms with van der Waals surface area (Å²) in [4.78, 5) is 23.7. The molecule has 9 nitrogen and oxygen atoms in total. The highest BCUT2D eigenvalue weighted by Crippen LogP contribution is 2.33. The number of nitrogens with zero attached hydrogens (tertiary/aromatic N) is 3. The summed E-state index contributed by atoms with van der Waals surface area (Å²) < 4.78 is 12.6. The average Bonchev–Trinajstić information content (AvgIpc) is 3.28. The van der Waals surface area contributed by atoms with E-state index in [1.54, 1.807) is 55.4 Å². The Morgan fingerprint density at radius 3 is 2.59 bits per heavy atom. The number of aromatic nitrogens is 3. The van der Waals surface area contributed by atoms with E-state index in [0.717, 1.165) is 11.1 Å².